The van der Waals surface area contributed by atoms with E-state index in [0.29, 0.717) is 5.56 Å². The molecule has 0 unspecified atom stereocenters. The van der Waals surface area contributed by atoms with Gasteiger partial charge in [-0.05, 0) is 48.5 Å². The zero-order valence-corrected chi connectivity index (χ0v) is 18.7. The molecule has 5 aromatic rings. The maximum absolute atomic E-state index is 13.6. The quantitative estimate of drug-likeness (QED) is 0.390. The first kappa shape index (κ1) is 21.5. The van der Waals surface area contributed by atoms with Gasteiger partial charge in [0.05, 0.1) is 23.9 Å². The summed E-state index contributed by atoms with van der Waals surface area (Å²) in [6.07, 6.45) is 8.61. The Morgan fingerprint density at radius 2 is 1.79 bits per heavy atom. The van der Waals surface area contributed by atoms with E-state index in [1.807, 2.05) is 35.0 Å². The molecule has 4 heterocycles. The molecule has 0 saturated heterocycles. The van der Waals surface area contributed by atoms with Crippen molar-refractivity contribution in [2.45, 2.75) is 4.90 Å². The monoisotopic (exact) mass is 475 g/mol. The van der Waals surface area contributed by atoms with Gasteiger partial charge in [0.15, 0.2) is 0 Å². The molecule has 0 fully saturated rings. The van der Waals surface area contributed by atoms with Crippen molar-refractivity contribution < 1.29 is 17.5 Å². The van der Waals surface area contributed by atoms with Crippen molar-refractivity contribution in [1.82, 2.24) is 19.5 Å². The molecule has 5 rings (SSSR count). The van der Waals surface area contributed by atoms with E-state index in [2.05, 4.69) is 19.7 Å². The van der Waals surface area contributed by atoms with Crippen LogP contribution in [0.1, 0.15) is 0 Å². The summed E-state index contributed by atoms with van der Waals surface area (Å²) in [5, 5.41) is 0.888. The number of fused-ring (bicyclic) bond motifs is 1. The minimum absolute atomic E-state index is 0.0838. The van der Waals surface area contributed by atoms with E-state index in [9.17, 15) is 12.8 Å². The van der Waals surface area contributed by atoms with Crippen molar-refractivity contribution in [2.24, 2.45) is 0 Å². The number of hydrogen-bond acceptors (Lipinski definition) is 6. The van der Waals surface area contributed by atoms with E-state index < -0.39 is 15.8 Å². The van der Waals surface area contributed by atoms with Gasteiger partial charge in [-0.15, -0.1) is 0 Å². The first-order chi connectivity index (χ1) is 16.4. The molecule has 0 atom stereocenters. The standard InChI is InChI=1S/C24H18FN5O3S/c1-33-24-22(29-34(31,32)21-6-2-4-19(25)12-21)11-18(14-28-24)17-10-16-7-9-30(23(16)27-13-17)20-5-3-8-26-15-20/h2-15,29H,1H3. The molecule has 0 spiro atoms. The molecule has 10 heteroatoms. The van der Waals surface area contributed by atoms with Crippen LogP contribution in [0.2, 0.25) is 0 Å². The molecule has 0 aliphatic heterocycles. The number of sulfonamides is 1. The Kier molecular flexibility index (Phi) is 5.42. The molecule has 8 nitrogen and oxygen atoms in total. The van der Waals surface area contributed by atoms with Crippen LogP contribution in [0, 0.1) is 5.82 Å². The fourth-order valence-corrected chi connectivity index (χ4v) is 4.65. The molecular formula is C24H18FN5O3S. The number of nitrogens with zero attached hydrogens (tertiary/aromatic N) is 4. The van der Waals surface area contributed by atoms with Crippen LogP contribution in [-0.2, 0) is 10.0 Å². The minimum Gasteiger partial charge on any atom is -0.480 e. The van der Waals surface area contributed by atoms with E-state index in [1.165, 1.54) is 25.3 Å². The number of halogens is 1. The number of anilines is 1. The molecule has 34 heavy (non-hydrogen) atoms. The summed E-state index contributed by atoms with van der Waals surface area (Å²) in [5.74, 6) is -0.570. The van der Waals surface area contributed by atoms with E-state index in [1.54, 1.807) is 30.9 Å². The lowest BCUT2D eigenvalue weighted by Gasteiger charge is -2.13. The van der Waals surface area contributed by atoms with Gasteiger partial charge in [0, 0.05) is 41.3 Å². The molecule has 4 aromatic heterocycles. The third-order valence-electron chi connectivity index (χ3n) is 5.18. The van der Waals surface area contributed by atoms with Crippen LogP contribution < -0.4 is 9.46 Å². The molecule has 0 radical (unpaired) electrons. The smallest absolute Gasteiger partial charge is 0.262 e. The highest BCUT2D eigenvalue weighted by Gasteiger charge is 2.19. The molecule has 0 saturated carbocycles. The van der Waals surface area contributed by atoms with Crippen LogP contribution >= 0.6 is 0 Å². The zero-order chi connectivity index (χ0) is 23.7. The molecule has 1 aromatic carbocycles. The Morgan fingerprint density at radius 1 is 0.971 bits per heavy atom. The van der Waals surface area contributed by atoms with Crippen molar-refractivity contribution >= 4 is 26.7 Å². The van der Waals surface area contributed by atoms with Gasteiger partial charge in [-0.3, -0.25) is 14.3 Å². The molecule has 170 valence electrons. The first-order valence-electron chi connectivity index (χ1n) is 10.1. The number of nitrogens with one attached hydrogen (secondary N) is 1. The van der Waals surface area contributed by atoms with E-state index in [-0.39, 0.29) is 16.5 Å². The van der Waals surface area contributed by atoms with Crippen molar-refractivity contribution in [2.75, 3.05) is 11.8 Å². The van der Waals surface area contributed by atoms with Crippen LogP contribution in [0.3, 0.4) is 0 Å². The van der Waals surface area contributed by atoms with Crippen molar-refractivity contribution in [3.05, 3.63) is 91.4 Å². The molecular weight excluding hydrogens is 457 g/mol. The SMILES string of the molecule is COc1ncc(-c2cnc3c(ccn3-c3cccnc3)c2)cc1NS(=O)(=O)c1cccc(F)c1. The fourth-order valence-electron chi connectivity index (χ4n) is 3.57. The predicted molar refractivity (Wildman–Crippen MR) is 126 cm³/mol. The van der Waals surface area contributed by atoms with Crippen molar-refractivity contribution in [1.29, 1.82) is 0 Å². The van der Waals surface area contributed by atoms with Crippen LogP contribution in [-0.4, -0.2) is 35.0 Å². The summed E-state index contributed by atoms with van der Waals surface area (Å²) >= 11 is 0. The largest absolute Gasteiger partial charge is 0.480 e. The normalized spacial score (nSPS) is 11.5. The van der Waals surface area contributed by atoms with Gasteiger partial charge in [0.1, 0.15) is 17.2 Å². The van der Waals surface area contributed by atoms with Gasteiger partial charge in [-0.25, -0.2) is 22.8 Å². The highest BCUT2D eigenvalue weighted by atomic mass is 32.2. The van der Waals surface area contributed by atoms with E-state index in [0.717, 1.165) is 28.4 Å². The summed E-state index contributed by atoms with van der Waals surface area (Å²) in [6, 6.07) is 14.0. The second-order valence-corrected chi connectivity index (χ2v) is 9.06. The first-order valence-corrected chi connectivity index (χ1v) is 11.6. The maximum atomic E-state index is 13.6. The minimum atomic E-state index is -4.06. The summed E-state index contributed by atoms with van der Waals surface area (Å²) in [7, 11) is -2.68. The third-order valence-corrected chi connectivity index (χ3v) is 6.54. The molecule has 1 N–H and O–H groups in total. The van der Waals surface area contributed by atoms with Gasteiger partial charge in [0.25, 0.3) is 10.0 Å². The van der Waals surface area contributed by atoms with E-state index in [4.69, 9.17) is 4.74 Å². The topological polar surface area (TPSA) is 99.0 Å². The van der Waals surface area contributed by atoms with Gasteiger partial charge in [-0.1, -0.05) is 6.07 Å². The maximum Gasteiger partial charge on any atom is 0.262 e. The van der Waals surface area contributed by atoms with Crippen LogP contribution in [0.5, 0.6) is 5.88 Å². The number of rotatable bonds is 6. The highest BCUT2D eigenvalue weighted by Crippen LogP contribution is 2.31. The number of aromatic nitrogens is 4. The predicted octanol–water partition coefficient (Wildman–Crippen LogP) is 4.43. The Bertz CT molecular complexity index is 1600. The lowest BCUT2D eigenvalue weighted by molar-refractivity contribution is 0.400. The van der Waals surface area contributed by atoms with Crippen LogP contribution in [0.15, 0.2) is 90.5 Å². The second-order valence-electron chi connectivity index (χ2n) is 7.38. The summed E-state index contributed by atoms with van der Waals surface area (Å²) in [4.78, 5) is 12.8. The number of methoxy groups -OCH3 is 1. The highest BCUT2D eigenvalue weighted by molar-refractivity contribution is 7.92. The third kappa shape index (κ3) is 4.06. The van der Waals surface area contributed by atoms with Gasteiger partial charge < -0.3 is 4.74 Å². The van der Waals surface area contributed by atoms with Gasteiger partial charge in [-0.2, -0.15) is 0 Å². The number of benzene rings is 1. The van der Waals surface area contributed by atoms with Gasteiger partial charge >= 0.3 is 0 Å². The summed E-state index contributed by atoms with van der Waals surface area (Å²) in [5.41, 5.74) is 3.12. The van der Waals surface area contributed by atoms with Crippen LogP contribution in [0.4, 0.5) is 10.1 Å². The lowest BCUT2D eigenvalue weighted by Crippen LogP contribution is -2.14. The summed E-state index contributed by atoms with van der Waals surface area (Å²) < 4.78 is 48.8. The summed E-state index contributed by atoms with van der Waals surface area (Å²) in [6.45, 7) is 0. The lowest BCUT2D eigenvalue weighted by atomic mass is 10.1. The average molecular weight is 476 g/mol. The molecule has 0 bridgehead atoms. The molecule has 0 aliphatic carbocycles. The van der Waals surface area contributed by atoms with Gasteiger partial charge in [0.2, 0.25) is 5.88 Å². The molecule has 0 aliphatic rings. The Hall–Kier alpha value is -4.31. The number of hydrogen-bond donors (Lipinski definition) is 1. The molecule has 0 amide bonds. The Balaban J connectivity index is 1.52. The van der Waals surface area contributed by atoms with Crippen LogP contribution in [0.25, 0.3) is 27.8 Å². The van der Waals surface area contributed by atoms with E-state index >= 15 is 0 Å². The fraction of sp³-hybridized carbons (Fsp3) is 0.0417. The number of ether oxygens (including phenoxy) is 1. The van der Waals surface area contributed by atoms with Crippen molar-refractivity contribution in [3.8, 4) is 22.7 Å². The van der Waals surface area contributed by atoms with Crippen molar-refractivity contribution in [3.63, 3.8) is 0 Å². The number of pyridine rings is 3. The zero-order valence-electron chi connectivity index (χ0n) is 17.9. The Morgan fingerprint density at radius 3 is 2.56 bits per heavy atom. The Labute approximate surface area is 194 Å². The second kappa shape index (κ2) is 8.56. The average Bonchev–Trinajstić information content (AvgIpc) is 3.28.